The Labute approximate surface area is 133 Å². The van der Waals surface area contributed by atoms with Crippen LogP contribution in [0.4, 0.5) is 5.13 Å². The predicted octanol–water partition coefficient (Wildman–Crippen LogP) is 3.98. The number of hydrogen-bond acceptors (Lipinski definition) is 5. The van der Waals surface area contributed by atoms with Gasteiger partial charge in [-0.25, -0.2) is 4.98 Å². The molecule has 22 heavy (non-hydrogen) atoms. The fourth-order valence-corrected chi connectivity index (χ4v) is 3.57. The highest BCUT2D eigenvalue weighted by molar-refractivity contribution is 7.18. The summed E-state index contributed by atoms with van der Waals surface area (Å²) in [5.41, 5.74) is 1.21. The maximum Gasteiger partial charge on any atom is 0.186 e. The van der Waals surface area contributed by atoms with Gasteiger partial charge in [0.15, 0.2) is 5.13 Å². The number of morpholine rings is 1. The summed E-state index contributed by atoms with van der Waals surface area (Å²) in [6.45, 7) is 2.32. The van der Waals surface area contributed by atoms with E-state index in [1.54, 1.807) is 17.6 Å². The Morgan fingerprint density at radius 1 is 1.14 bits per heavy atom. The van der Waals surface area contributed by atoms with Crippen molar-refractivity contribution in [1.29, 1.82) is 0 Å². The van der Waals surface area contributed by atoms with Crippen molar-refractivity contribution < 1.29 is 9.15 Å². The van der Waals surface area contributed by atoms with Gasteiger partial charge in [-0.1, -0.05) is 41.7 Å². The molecule has 1 atom stereocenters. The van der Waals surface area contributed by atoms with E-state index in [-0.39, 0.29) is 6.10 Å². The molecular weight excluding hydrogens is 296 g/mol. The largest absolute Gasteiger partial charge is 0.467 e. The lowest BCUT2D eigenvalue weighted by Crippen LogP contribution is -2.38. The highest BCUT2D eigenvalue weighted by Gasteiger charge is 2.25. The van der Waals surface area contributed by atoms with E-state index in [9.17, 15) is 0 Å². The number of aromatic nitrogens is 1. The molecule has 3 heterocycles. The minimum atomic E-state index is -0.0205. The van der Waals surface area contributed by atoms with Crippen LogP contribution in [-0.4, -0.2) is 24.7 Å². The van der Waals surface area contributed by atoms with E-state index < -0.39 is 0 Å². The van der Waals surface area contributed by atoms with Crippen LogP contribution in [0, 0.1) is 0 Å². The Morgan fingerprint density at radius 3 is 2.86 bits per heavy atom. The third kappa shape index (κ3) is 2.65. The smallest absolute Gasteiger partial charge is 0.186 e. The lowest BCUT2D eigenvalue weighted by molar-refractivity contribution is 0.0257. The summed E-state index contributed by atoms with van der Waals surface area (Å²) < 4.78 is 11.3. The molecule has 0 bridgehead atoms. The van der Waals surface area contributed by atoms with E-state index in [0.29, 0.717) is 6.61 Å². The zero-order valence-corrected chi connectivity index (χ0v) is 12.8. The molecule has 4 rings (SSSR count). The number of benzene rings is 1. The van der Waals surface area contributed by atoms with Gasteiger partial charge in [-0.3, -0.25) is 0 Å². The Kier molecular flexibility index (Phi) is 3.66. The average molecular weight is 312 g/mol. The molecule has 0 aliphatic carbocycles. The monoisotopic (exact) mass is 312 g/mol. The number of thiazole rings is 1. The van der Waals surface area contributed by atoms with Crippen molar-refractivity contribution in [3.63, 3.8) is 0 Å². The number of rotatable bonds is 3. The second-order valence-corrected chi connectivity index (χ2v) is 6.20. The van der Waals surface area contributed by atoms with Gasteiger partial charge in [0.1, 0.15) is 11.9 Å². The molecule has 5 heteroatoms. The van der Waals surface area contributed by atoms with Gasteiger partial charge in [-0.15, -0.1) is 0 Å². The summed E-state index contributed by atoms with van der Waals surface area (Å²) in [5, 5.41) is 1.04. The molecular formula is C17H16N2O2S. The Morgan fingerprint density at radius 2 is 2.05 bits per heavy atom. The van der Waals surface area contributed by atoms with E-state index in [1.165, 1.54) is 10.4 Å². The maximum atomic E-state index is 5.81. The molecule has 0 saturated carbocycles. The predicted molar refractivity (Wildman–Crippen MR) is 87.2 cm³/mol. The molecule has 1 saturated heterocycles. The summed E-state index contributed by atoms with van der Waals surface area (Å²) >= 11 is 1.72. The summed E-state index contributed by atoms with van der Waals surface area (Å²) in [6.07, 6.45) is 3.62. The van der Waals surface area contributed by atoms with Gasteiger partial charge in [-0.2, -0.15) is 0 Å². The van der Waals surface area contributed by atoms with Crippen molar-refractivity contribution in [1.82, 2.24) is 4.98 Å². The molecule has 0 amide bonds. The first-order valence-electron chi connectivity index (χ1n) is 7.31. The molecule has 1 aromatic carbocycles. The van der Waals surface area contributed by atoms with Crippen molar-refractivity contribution >= 4 is 16.5 Å². The molecule has 1 aliphatic heterocycles. The van der Waals surface area contributed by atoms with Crippen molar-refractivity contribution in [3.8, 4) is 10.4 Å². The standard InChI is InChI=1S/C17H16N2O2S/c1-2-5-13(6-3-1)16-11-18-17(22-16)19-8-10-21-15(12-19)14-7-4-9-20-14/h1-7,9,11,15H,8,10,12H2. The first kappa shape index (κ1) is 13.5. The summed E-state index contributed by atoms with van der Waals surface area (Å²) in [6, 6.07) is 14.2. The van der Waals surface area contributed by atoms with Crippen LogP contribution in [0.5, 0.6) is 0 Å². The molecule has 0 spiro atoms. The fraction of sp³-hybridized carbons (Fsp3) is 0.235. The summed E-state index contributed by atoms with van der Waals surface area (Å²) in [4.78, 5) is 8.05. The molecule has 1 aliphatic rings. The average Bonchev–Trinajstić information content (AvgIpc) is 3.28. The number of ether oxygens (including phenoxy) is 1. The van der Waals surface area contributed by atoms with E-state index in [0.717, 1.165) is 24.0 Å². The van der Waals surface area contributed by atoms with Crippen molar-refractivity contribution in [2.24, 2.45) is 0 Å². The third-order valence-corrected chi connectivity index (χ3v) is 4.86. The molecule has 4 nitrogen and oxygen atoms in total. The van der Waals surface area contributed by atoms with E-state index >= 15 is 0 Å². The second kappa shape index (κ2) is 5.94. The minimum absolute atomic E-state index is 0.0205. The van der Waals surface area contributed by atoms with Crippen LogP contribution in [0.15, 0.2) is 59.3 Å². The number of furan rings is 1. The lowest BCUT2D eigenvalue weighted by Gasteiger charge is -2.31. The normalized spacial score (nSPS) is 18.5. The molecule has 1 unspecified atom stereocenters. The first-order valence-corrected chi connectivity index (χ1v) is 8.13. The van der Waals surface area contributed by atoms with Crippen LogP contribution < -0.4 is 4.90 Å². The summed E-state index contributed by atoms with van der Waals surface area (Å²) in [7, 11) is 0. The first-order chi connectivity index (χ1) is 10.9. The van der Waals surface area contributed by atoms with Gasteiger partial charge in [0.05, 0.1) is 24.3 Å². The zero-order chi connectivity index (χ0) is 14.8. The highest BCUT2D eigenvalue weighted by Crippen LogP contribution is 2.33. The van der Waals surface area contributed by atoms with E-state index in [4.69, 9.17) is 9.15 Å². The number of hydrogen-bond donors (Lipinski definition) is 0. The SMILES string of the molecule is c1ccc(-c2cnc(N3CCOC(c4ccco4)C3)s2)cc1. The van der Waals surface area contributed by atoms with Crippen LogP contribution in [0.1, 0.15) is 11.9 Å². The van der Waals surface area contributed by atoms with Crippen molar-refractivity contribution in [3.05, 3.63) is 60.7 Å². The summed E-state index contributed by atoms with van der Waals surface area (Å²) in [5.74, 6) is 0.879. The Bertz CT molecular complexity index is 724. The van der Waals surface area contributed by atoms with Gasteiger partial charge in [0.25, 0.3) is 0 Å². The van der Waals surface area contributed by atoms with E-state index in [2.05, 4.69) is 34.1 Å². The van der Waals surface area contributed by atoms with Gasteiger partial charge >= 0.3 is 0 Å². The number of anilines is 1. The van der Waals surface area contributed by atoms with Gasteiger partial charge in [0.2, 0.25) is 0 Å². The van der Waals surface area contributed by atoms with Crippen LogP contribution in [0.2, 0.25) is 0 Å². The fourth-order valence-electron chi connectivity index (χ4n) is 2.62. The molecule has 1 fully saturated rings. The van der Waals surface area contributed by atoms with Crippen molar-refractivity contribution in [2.45, 2.75) is 6.10 Å². The van der Waals surface area contributed by atoms with Crippen LogP contribution in [-0.2, 0) is 4.74 Å². The number of nitrogens with zero attached hydrogens (tertiary/aromatic N) is 2. The van der Waals surface area contributed by atoms with Gasteiger partial charge in [-0.05, 0) is 17.7 Å². The quantitative estimate of drug-likeness (QED) is 0.733. The van der Waals surface area contributed by atoms with Crippen LogP contribution in [0.3, 0.4) is 0 Å². The Hall–Kier alpha value is -2.11. The highest BCUT2D eigenvalue weighted by atomic mass is 32.1. The third-order valence-electron chi connectivity index (χ3n) is 3.75. The lowest BCUT2D eigenvalue weighted by atomic mass is 10.2. The van der Waals surface area contributed by atoms with Crippen LogP contribution >= 0.6 is 11.3 Å². The molecule has 3 aromatic rings. The molecule has 0 radical (unpaired) electrons. The minimum Gasteiger partial charge on any atom is -0.467 e. The maximum absolute atomic E-state index is 5.81. The van der Waals surface area contributed by atoms with Gasteiger partial charge < -0.3 is 14.1 Å². The van der Waals surface area contributed by atoms with Gasteiger partial charge in [0, 0.05) is 12.7 Å². The zero-order valence-electron chi connectivity index (χ0n) is 12.0. The van der Waals surface area contributed by atoms with Crippen molar-refractivity contribution in [2.75, 3.05) is 24.6 Å². The topological polar surface area (TPSA) is 38.5 Å². The molecule has 2 aromatic heterocycles. The molecule has 0 N–H and O–H groups in total. The second-order valence-electron chi connectivity index (χ2n) is 5.19. The van der Waals surface area contributed by atoms with E-state index in [1.807, 2.05) is 24.4 Å². The van der Waals surface area contributed by atoms with Crippen LogP contribution in [0.25, 0.3) is 10.4 Å². The molecule has 112 valence electrons. The Balaban J connectivity index is 1.53.